The Kier molecular flexibility index (Phi) is 15.7. The number of aliphatic hydroxyl groups excluding tert-OH is 1. The minimum absolute atomic E-state index is 0.0669. The van der Waals surface area contributed by atoms with Crippen LogP contribution in [0.25, 0.3) is 16.6 Å². The van der Waals surface area contributed by atoms with Crippen LogP contribution in [-0.2, 0) is 51.9 Å². The Morgan fingerprint density at radius 2 is 1.69 bits per heavy atom. The summed E-state index contributed by atoms with van der Waals surface area (Å²) in [5.74, 6) is 9.79. The maximum Gasteiger partial charge on any atom is 0.161 e. The number of ether oxygens (including phenoxy) is 4. The van der Waals surface area contributed by atoms with Gasteiger partial charge in [-0.25, -0.2) is 0 Å². The highest BCUT2D eigenvalue weighted by Crippen LogP contribution is 2.52. The fourth-order valence-electron chi connectivity index (χ4n) is 13.6. The molecule has 6 N–H and O–H groups in total. The van der Waals surface area contributed by atoms with Gasteiger partial charge in [-0.2, -0.15) is 0 Å². The normalized spacial score (nSPS) is 24.8. The van der Waals surface area contributed by atoms with Crippen molar-refractivity contribution in [3.8, 4) is 34.8 Å². The zero-order valence-electron chi connectivity index (χ0n) is 44.9. The van der Waals surface area contributed by atoms with Crippen molar-refractivity contribution >= 4 is 16.6 Å². The predicted octanol–water partition coefficient (Wildman–Crippen LogP) is 11.6. The van der Waals surface area contributed by atoms with Gasteiger partial charge in [0.25, 0.3) is 0 Å². The Morgan fingerprint density at radius 3 is 2.60 bits per heavy atom. The van der Waals surface area contributed by atoms with E-state index in [0.717, 1.165) is 120 Å². The zero-order valence-corrected chi connectivity index (χ0v) is 44.9. The lowest BCUT2D eigenvalue weighted by Crippen LogP contribution is -2.47. The zero-order chi connectivity index (χ0) is 53.0. The maximum atomic E-state index is 11.8. The van der Waals surface area contributed by atoms with E-state index in [2.05, 4.69) is 88.0 Å². The Balaban J connectivity index is 0.955. The monoisotopic (exact) mass is 1050 g/mol. The molecule has 6 aromatic rings. The summed E-state index contributed by atoms with van der Waals surface area (Å²) in [7, 11) is 0. The topological polar surface area (TPSA) is 147 Å². The van der Waals surface area contributed by atoms with Gasteiger partial charge in [0.1, 0.15) is 30.1 Å². The molecule has 406 valence electrons. The van der Waals surface area contributed by atoms with E-state index in [1.165, 1.54) is 36.0 Å². The molecule has 6 atom stereocenters. The molecule has 2 aliphatic carbocycles. The van der Waals surface area contributed by atoms with Crippen LogP contribution < -0.4 is 15.4 Å². The Labute approximate surface area is 459 Å². The number of aromatic nitrogens is 1. The molecule has 4 aliphatic heterocycles. The predicted molar refractivity (Wildman–Crippen MR) is 304 cm³/mol. The van der Waals surface area contributed by atoms with Crippen LogP contribution in [0.1, 0.15) is 128 Å². The molecule has 2 fully saturated rings. The smallest absolute Gasteiger partial charge is 0.161 e. The number of hydrogen-bond donors (Lipinski definition) is 6. The SMILES string of the molecule is Oc1cccc(Cc2cc(CCC3C#CC4=CC(NCOC5CCCCC5)NC5=C4COC(CCC3)CC(O)CCc3ccc(O)c(c3)OCc3cc(C46CCOCC4CCc4ccccc46)cc4cn5cc34)ccc2O)c1. The maximum absolute atomic E-state index is 11.8. The first kappa shape index (κ1) is 52.2. The molecule has 11 nitrogen and oxygen atoms in total. The fraction of sp³-hybridized carbons (Fsp3) is 0.433. The number of hydrogen-bond acceptors (Lipinski definition) is 10. The van der Waals surface area contributed by atoms with Gasteiger partial charge in [0, 0.05) is 58.7 Å². The average molecular weight is 1050 g/mol. The van der Waals surface area contributed by atoms with Gasteiger partial charge < -0.3 is 49.3 Å². The van der Waals surface area contributed by atoms with Crippen molar-refractivity contribution in [1.29, 1.82) is 0 Å². The largest absolute Gasteiger partial charge is 0.508 e. The summed E-state index contributed by atoms with van der Waals surface area (Å²) in [6, 6.07) is 32.4. The van der Waals surface area contributed by atoms with E-state index in [4.69, 9.17) is 18.9 Å². The minimum Gasteiger partial charge on any atom is -0.508 e. The molecule has 12 rings (SSSR count). The van der Waals surface area contributed by atoms with E-state index >= 15 is 0 Å². The van der Waals surface area contributed by atoms with Crippen molar-refractivity contribution in [3.05, 3.63) is 171 Å². The summed E-state index contributed by atoms with van der Waals surface area (Å²) in [4.78, 5) is 0. The first-order chi connectivity index (χ1) is 38.2. The molecule has 11 heteroatoms. The Hall–Kier alpha value is -6.52. The number of aryl methyl sites for hydroxylation is 3. The van der Waals surface area contributed by atoms with Gasteiger partial charge in [0.15, 0.2) is 11.5 Å². The Bertz CT molecular complexity index is 3250. The van der Waals surface area contributed by atoms with Gasteiger partial charge in [-0.3, -0.25) is 5.32 Å². The highest BCUT2D eigenvalue weighted by atomic mass is 16.5. The second-order valence-electron chi connectivity index (χ2n) is 23.0. The number of aromatic hydroxyl groups is 3. The summed E-state index contributed by atoms with van der Waals surface area (Å²) < 4.78 is 28.7. The third-order valence-corrected chi connectivity index (χ3v) is 17.8. The van der Waals surface area contributed by atoms with E-state index in [9.17, 15) is 20.4 Å². The summed E-state index contributed by atoms with van der Waals surface area (Å²) in [6.45, 7) is 2.32. The van der Waals surface area contributed by atoms with Crippen molar-refractivity contribution in [2.75, 3.05) is 26.6 Å². The molecule has 0 spiro atoms. The number of nitrogens with one attached hydrogen (secondary N) is 2. The third kappa shape index (κ3) is 11.5. The molecule has 1 saturated carbocycles. The third-order valence-electron chi connectivity index (χ3n) is 17.8. The van der Waals surface area contributed by atoms with Crippen molar-refractivity contribution in [2.45, 2.75) is 146 Å². The lowest BCUT2D eigenvalue weighted by atomic mass is 9.57. The summed E-state index contributed by atoms with van der Waals surface area (Å²) >= 11 is 0. The van der Waals surface area contributed by atoms with Gasteiger partial charge in [0.2, 0.25) is 0 Å². The lowest BCUT2D eigenvalue weighted by molar-refractivity contribution is 0.00498. The van der Waals surface area contributed by atoms with Gasteiger partial charge >= 0.3 is 0 Å². The molecule has 5 aromatic carbocycles. The molecular weight excluding hydrogens is 975 g/mol. The van der Waals surface area contributed by atoms with Crippen LogP contribution in [0.4, 0.5) is 0 Å². The van der Waals surface area contributed by atoms with Gasteiger partial charge in [-0.1, -0.05) is 91.8 Å². The molecule has 78 heavy (non-hydrogen) atoms. The molecule has 6 bridgehead atoms. The number of aliphatic hydroxyl groups is 1. The molecule has 1 aromatic heterocycles. The standard InChI is InChI=1S/C67H75N3O8/c71-55-11-6-9-47(32-55)31-50-30-45(20-26-62(50)73)17-16-44-8-7-14-58-37-56(72)25-19-46-21-27-63(74)64(33-46)77-40-52-35-54(67-28-29-75-41-53(67)24-23-48-10-4-5-15-61(48)67)34-51-38-70(39-59(51)52)66-60(42-76-58)49(22-18-44)36-65(69-66)68-43-78-57-12-2-1-3-13-57/h4-6,9-11,15,20-21,26-27,30,32-36,38-39,44,53,56-58,65,68-69,71-74H,1-3,7-8,12-14,16-17,19,23-25,28-29,31,37,40-43H2. The molecule has 0 amide bonds. The van der Waals surface area contributed by atoms with Crippen LogP contribution in [0, 0.1) is 23.7 Å². The molecule has 0 radical (unpaired) electrons. The highest BCUT2D eigenvalue weighted by Gasteiger charge is 2.47. The molecular formula is C67H75N3O8. The number of phenolic OH excluding ortho intramolecular Hbond substituents is 3. The minimum atomic E-state index is -0.612. The number of dihydropyridines is 1. The van der Waals surface area contributed by atoms with Crippen LogP contribution >= 0.6 is 0 Å². The first-order valence-electron chi connectivity index (χ1n) is 28.9. The second kappa shape index (κ2) is 23.4. The van der Waals surface area contributed by atoms with E-state index in [0.29, 0.717) is 63.9 Å². The number of phenols is 3. The quantitative estimate of drug-likeness (QED) is 0.0579. The summed E-state index contributed by atoms with van der Waals surface area (Å²) in [6.07, 6.45) is 20.8. The number of nitrogens with zero attached hydrogens (tertiary/aromatic N) is 1. The lowest BCUT2D eigenvalue weighted by Gasteiger charge is -2.49. The number of benzene rings is 5. The Morgan fingerprint density at radius 1 is 0.795 bits per heavy atom. The average Bonchev–Trinajstić information content (AvgIpc) is 4.05. The molecule has 5 heterocycles. The van der Waals surface area contributed by atoms with Crippen LogP contribution in [0.3, 0.4) is 0 Å². The molecule has 6 unspecified atom stereocenters. The van der Waals surface area contributed by atoms with E-state index in [1.807, 2.05) is 30.3 Å². The van der Waals surface area contributed by atoms with Crippen LogP contribution in [0.2, 0.25) is 0 Å². The summed E-state index contributed by atoms with van der Waals surface area (Å²) in [5.41, 5.74) is 10.6. The van der Waals surface area contributed by atoms with E-state index < -0.39 is 6.10 Å². The fourth-order valence-corrected chi connectivity index (χ4v) is 13.6. The van der Waals surface area contributed by atoms with Crippen molar-refractivity contribution < 1.29 is 39.4 Å². The summed E-state index contributed by atoms with van der Waals surface area (Å²) in [5, 5.41) is 53.9. The molecule has 6 aliphatic rings. The molecule has 1 saturated heterocycles. The van der Waals surface area contributed by atoms with Crippen molar-refractivity contribution in [3.63, 3.8) is 0 Å². The van der Waals surface area contributed by atoms with Crippen LogP contribution in [0.5, 0.6) is 23.0 Å². The van der Waals surface area contributed by atoms with E-state index in [1.54, 1.807) is 24.3 Å². The van der Waals surface area contributed by atoms with Crippen molar-refractivity contribution in [1.82, 2.24) is 15.2 Å². The van der Waals surface area contributed by atoms with Crippen LogP contribution in [-0.4, -0.2) is 76.0 Å². The van der Waals surface area contributed by atoms with Gasteiger partial charge in [-0.15, -0.1) is 0 Å². The van der Waals surface area contributed by atoms with Gasteiger partial charge in [0.05, 0.1) is 38.3 Å². The number of rotatable bonds is 10. The first-order valence-corrected chi connectivity index (χ1v) is 28.9. The van der Waals surface area contributed by atoms with Gasteiger partial charge in [-0.05, 0) is 176 Å². The van der Waals surface area contributed by atoms with Crippen LogP contribution in [0.15, 0.2) is 127 Å². The second-order valence-corrected chi connectivity index (χ2v) is 23.0. The van der Waals surface area contributed by atoms with Crippen molar-refractivity contribution in [2.24, 2.45) is 11.8 Å². The highest BCUT2D eigenvalue weighted by molar-refractivity contribution is 5.88. The van der Waals surface area contributed by atoms with E-state index in [-0.39, 0.29) is 53.6 Å². The number of fused-ring (bicyclic) bond motifs is 9.